The van der Waals surface area contributed by atoms with Crippen molar-refractivity contribution in [1.29, 1.82) is 0 Å². The van der Waals surface area contributed by atoms with Gasteiger partial charge in [-0.3, -0.25) is 4.79 Å². The number of nitrogens with zero attached hydrogens (tertiary/aromatic N) is 1. The second-order valence-corrected chi connectivity index (χ2v) is 8.15. The monoisotopic (exact) mass is 422 g/mol. The van der Waals surface area contributed by atoms with Gasteiger partial charge in [-0.2, -0.15) is 4.31 Å². The molecule has 0 radical (unpaired) electrons. The van der Waals surface area contributed by atoms with Gasteiger partial charge in [-0.25, -0.2) is 8.42 Å². The van der Waals surface area contributed by atoms with Crippen molar-refractivity contribution in [2.75, 3.05) is 45.8 Å². The molecule has 2 aromatic carbocycles. The molecule has 1 heterocycles. The molecule has 0 atom stereocenters. The van der Waals surface area contributed by atoms with Gasteiger partial charge in [0.2, 0.25) is 10.0 Å². The highest BCUT2D eigenvalue weighted by Crippen LogP contribution is 2.31. The molecule has 1 amide bonds. The number of anilines is 1. The van der Waals surface area contributed by atoms with Crippen LogP contribution in [-0.4, -0.2) is 64.3 Å². The lowest BCUT2D eigenvalue weighted by molar-refractivity contribution is 0.0730. The summed E-state index contributed by atoms with van der Waals surface area (Å²) in [5.41, 5.74) is 0.177. The number of carbonyl (C=O) groups excluding carboxylic acids is 1. The van der Waals surface area contributed by atoms with Crippen LogP contribution < -0.4 is 14.8 Å². The molecule has 0 saturated carbocycles. The predicted molar refractivity (Wildman–Crippen MR) is 105 cm³/mol. The number of methoxy groups -OCH3 is 2. The van der Waals surface area contributed by atoms with Crippen LogP contribution in [0.4, 0.5) is 5.69 Å². The number of phenols is 1. The van der Waals surface area contributed by atoms with Gasteiger partial charge in [-0.1, -0.05) is 0 Å². The number of amides is 1. The first kappa shape index (κ1) is 20.9. The highest BCUT2D eigenvalue weighted by atomic mass is 32.2. The Morgan fingerprint density at radius 1 is 1.10 bits per heavy atom. The second-order valence-electron chi connectivity index (χ2n) is 6.22. The Morgan fingerprint density at radius 2 is 1.83 bits per heavy atom. The Balaban J connectivity index is 1.89. The average molecular weight is 422 g/mol. The molecule has 156 valence electrons. The maximum Gasteiger partial charge on any atom is 0.259 e. The molecule has 1 fully saturated rings. The van der Waals surface area contributed by atoms with Gasteiger partial charge in [0, 0.05) is 19.2 Å². The van der Waals surface area contributed by atoms with Crippen LogP contribution in [0.5, 0.6) is 17.2 Å². The normalized spacial score (nSPS) is 15.0. The maximum atomic E-state index is 12.8. The molecule has 0 spiro atoms. The minimum absolute atomic E-state index is 0.0796. The van der Waals surface area contributed by atoms with Crippen LogP contribution in [0.3, 0.4) is 0 Å². The Bertz CT molecular complexity index is 1000. The number of nitrogens with one attached hydrogen (secondary N) is 1. The summed E-state index contributed by atoms with van der Waals surface area (Å²) in [6, 6.07) is 8.43. The molecule has 0 bridgehead atoms. The number of phenolic OH excluding ortho intramolecular Hbond substituents is 1. The first-order valence-corrected chi connectivity index (χ1v) is 10.2. The van der Waals surface area contributed by atoms with E-state index in [2.05, 4.69) is 5.32 Å². The number of ether oxygens (including phenoxy) is 3. The van der Waals surface area contributed by atoms with E-state index < -0.39 is 15.9 Å². The minimum Gasteiger partial charge on any atom is -0.507 e. The number of sulfonamides is 1. The van der Waals surface area contributed by atoms with E-state index in [9.17, 15) is 18.3 Å². The number of morpholine rings is 1. The Kier molecular flexibility index (Phi) is 6.26. The minimum atomic E-state index is -3.81. The smallest absolute Gasteiger partial charge is 0.259 e. The van der Waals surface area contributed by atoms with Gasteiger partial charge >= 0.3 is 0 Å². The molecule has 9 nitrogen and oxygen atoms in total. The first-order valence-electron chi connectivity index (χ1n) is 8.81. The fourth-order valence-corrected chi connectivity index (χ4v) is 4.32. The van der Waals surface area contributed by atoms with Crippen LogP contribution in [-0.2, 0) is 14.8 Å². The second kappa shape index (κ2) is 8.68. The van der Waals surface area contributed by atoms with E-state index in [1.54, 1.807) is 18.2 Å². The molecular weight excluding hydrogens is 400 g/mol. The standard InChI is InChI=1S/C19H22N2O7S/c1-26-13-3-5-16(18(11-13)27-2)20-19(23)15-12-14(4-6-17(15)22)29(24,25)21-7-9-28-10-8-21/h3-6,11-12,22H,7-10H2,1-2H3,(H,20,23). The number of rotatable bonds is 6. The molecule has 0 aromatic heterocycles. The molecule has 10 heteroatoms. The van der Waals surface area contributed by atoms with Crippen LogP contribution in [0.25, 0.3) is 0 Å². The van der Waals surface area contributed by atoms with Gasteiger partial charge in [-0.05, 0) is 30.3 Å². The fourth-order valence-electron chi connectivity index (χ4n) is 2.88. The van der Waals surface area contributed by atoms with E-state index in [0.29, 0.717) is 30.4 Å². The lowest BCUT2D eigenvalue weighted by Crippen LogP contribution is -2.40. The predicted octanol–water partition coefficient (Wildman–Crippen LogP) is 1.68. The van der Waals surface area contributed by atoms with Gasteiger partial charge in [0.25, 0.3) is 5.91 Å². The zero-order valence-corrected chi connectivity index (χ0v) is 16.9. The van der Waals surface area contributed by atoms with Crippen LogP contribution in [0.1, 0.15) is 10.4 Å². The third-order valence-corrected chi connectivity index (χ3v) is 6.37. The fraction of sp³-hybridized carbons (Fsp3) is 0.316. The highest BCUT2D eigenvalue weighted by molar-refractivity contribution is 7.89. The largest absolute Gasteiger partial charge is 0.507 e. The van der Waals surface area contributed by atoms with E-state index in [0.717, 1.165) is 6.07 Å². The topological polar surface area (TPSA) is 114 Å². The summed E-state index contributed by atoms with van der Waals surface area (Å²) in [7, 11) is -0.861. The van der Waals surface area contributed by atoms with Crippen LogP contribution in [0.2, 0.25) is 0 Å². The third kappa shape index (κ3) is 4.44. The summed E-state index contributed by atoms with van der Waals surface area (Å²) in [6.45, 7) is 1.07. The van der Waals surface area contributed by atoms with Gasteiger partial charge in [0.05, 0.1) is 43.6 Å². The lowest BCUT2D eigenvalue weighted by atomic mass is 10.1. The van der Waals surface area contributed by atoms with Crippen molar-refractivity contribution >= 4 is 21.6 Å². The van der Waals surface area contributed by atoms with E-state index in [-0.39, 0.29) is 29.3 Å². The third-order valence-electron chi connectivity index (χ3n) is 4.48. The summed E-state index contributed by atoms with van der Waals surface area (Å²) in [6.07, 6.45) is 0. The van der Waals surface area contributed by atoms with E-state index in [1.165, 1.54) is 30.7 Å². The molecule has 2 aromatic rings. The lowest BCUT2D eigenvalue weighted by Gasteiger charge is -2.26. The average Bonchev–Trinajstić information content (AvgIpc) is 2.74. The quantitative estimate of drug-likeness (QED) is 0.728. The number of hydrogen-bond donors (Lipinski definition) is 2. The van der Waals surface area contributed by atoms with Crippen LogP contribution in [0.15, 0.2) is 41.3 Å². The highest BCUT2D eigenvalue weighted by Gasteiger charge is 2.28. The molecule has 1 saturated heterocycles. The number of aromatic hydroxyl groups is 1. The van der Waals surface area contributed by atoms with E-state index in [1.807, 2.05) is 0 Å². The summed E-state index contributed by atoms with van der Waals surface area (Å²) < 4.78 is 42.5. The van der Waals surface area contributed by atoms with Crippen molar-refractivity contribution in [1.82, 2.24) is 4.31 Å². The van der Waals surface area contributed by atoms with E-state index in [4.69, 9.17) is 14.2 Å². The molecule has 0 unspecified atom stereocenters. The summed E-state index contributed by atoms with van der Waals surface area (Å²) in [5, 5.41) is 12.7. The molecule has 1 aliphatic rings. The van der Waals surface area contributed by atoms with E-state index >= 15 is 0 Å². The summed E-state index contributed by atoms with van der Waals surface area (Å²) >= 11 is 0. The summed E-state index contributed by atoms with van der Waals surface area (Å²) in [5.74, 6) is -0.114. The molecule has 29 heavy (non-hydrogen) atoms. The van der Waals surface area contributed by atoms with Gasteiger partial charge in [0.15, 0.2) is 0 Å². The number of hydrogen-bond acceptors (Lipinski definition) is 7. The van der Waals surface area contributed by atoms with Crippen molar-refractivity contribution in [3.8, 4) is 17.2 Å². The van der Waals surface area contributed by atoms with Crippen molar-refractivity contribution < 1.29 is 32.5 Å². The molecular formula is C19H22N2O7S. The number of carbonyl (C=O) groups is 1. The SMILES string of the molecule is COc1ccc(NC(=O)c2cc(S(=O)(=O)N3CCOCC3)ccc2O)c(OC)c1. The van der Waals surface area contributed by atoms with Crippen LogP contribution >= 0.6 is 0 Å². The Morgan fingerprint density at radius 3 is 2.48 bits per heavy atom. The first-order chi connectivity index (χ1) is 13.9. The molecule has 1 aliphatic heterocycles. The zero-order valence-electron chi connectivity index (χ0n) is 16.0. The summed E-state index contributed by atoms with van der Waals surface area (Å²) in [4.78, 5) is 12.6. The van der Waals surface area contributed by atoms with Crippen LogP contribution in [0, 0.1) is 0 Å². The maximum absolute atomic E-state index is 12.8. The van der Waals surface area contributed by atoms with Crippen molar-refractivity contribution in [2.45, 2.75) is 4.90 Å². The molecule has 2 N–H and O–H groups in total. The van der Waals surface area contributed by atoms with Crippen molar-refractivity contribution in [3.05, 3.63) is 42.0 Å². The zero-order chi connectivity index (χ0) is 21.0. The number of benzene rings is 2. The van der Waals surface area contributed by atoms with Gasteiger partial charge in [0.1, 0.15) is 17.2 Å². The molecule has 0 aliphatic carbocycles. The van der Waals surface area contributed by atoms with Gasteiger partial charge < -0.3 is 24.6 Å². The van der Waals surface area contributed by atoms with Crippen molar-refractivity contribution in [3.63, 3.8) is 0 Å². The Labute approximate surface area is 168 Å². The molecule has 3 rings (SSSR count). The van der Waals surface area contributed by atoms with Gasteiger partial charge in [-0.15, -0.1) is 0 Å². The van der Waals surface area contributed by atoms with Crippen molar-refractivity contribution in [2.24, 2.45) is 0 Å². The Hall–Kier alpha value is -2.82.